The van der Waals surface area contributed by atoms with Gasteiger partial charge in [0.25, 0.3) is 0 Å². The van der Waals surface area contributed by atoms with Crippen LogP contribution in [0.15, 0.2) is 24.3 Å². The van der Waals surface area contributed by atoms with Gasteiger partial charge in [-0.05, 0) is 42.5 Å². The number of hydrogen-bond acceptors (Lipinski definition) is 2. The van der Waals surface area contributed by atoms with E-state index in [4.69, 9.17) is 0 Å². The number of anilines is 1. The molecule has 20 heavy (non-hydrogen) atoms. The molecule has 1 aliphatic rings. The normalized spacial score (nSPS) is 22.5. The highest BCUT2D eigenvalue weighted by molar-refractivity contribution is 5.96. The predicted octanol–water partition coefficient (Wildman–Crippen LogP) is 4.91. The molecule has 1 fully saturated rings. The third kappa shape index (κ3) is 4.36. The van der Waals surface area contributed by atoms with Crippen LogP contribution in [0.25, 0.3) is 0 Å². The minimum Gasteiger partial charge on any atom is -0.385 e. The molecule has 0 heterocycles. The maximum absolute atomic E-state index is 11.6. The van der Waals surface area contributed by atoms with Crippen molar-refractivity contribution in [1.82, 2.24) is 0 Å². The van der Waals surface area contributed by atoms with E-state index in [-0.39, 0.29) is 5.78 Å². The van der Waals surface area contributed by atoms with Crippen LogP contribution in [0.4, 0.5) is 5.69 Å². The molecule has 1 saturated carbocycles. The average Bonchev–Trinajstić information content (AvgIpc) is 2.49. The first kappa shape index (κ1) is 15.1. The summed E-state index contributed by atoms with van der Waals surface area (Å²) in [7, 11) is 0. The monoisotopic (exact) mass is 273 g/mol. The zero-order valence-electron chi connectivity index (χ0n) is 12.8. The van der Waals surface area contributed by atoms with Crippen LogP contribution < -0.4 is 5.32 Å². The molecular formula is C18H27NO. The number of benzene rings is 1. The zero-order chi connectivity index (χ0) is 14.4. The van der Waals surface area contributed by atoms with Gasteiger partial charge in [-0.1, -0.05) is 39.5 Å². The molecule has 0 unspecified atom stereocenters. The maximum Gasteiger partial charge on any atom is 0.162 e. The Bertz CT molecular complexity index is 416. The van der Waals surface area contributed by atoms with Crippen LogP contribution in [0.1, 0.15) is 62.7 Å². The summed E-state index contributed by atoms with van der Waals surface area (Å²) in [6.07, 6.45) is 7.44. The molecule has 2 rings (SSSR count). The quantitative estimate of drug-likeness (QED) is 0.746. The first-order valence-electron chi connectivity index (χ1n) is 8.06. The second-order valence-corrected chi connectivity index (χ2v) is 6.20. The minimum atomic E-state index is 0.216. The Kier molecular flexibility index (Phi) is 5.63. The summed E-state index contributed by atoms with van der Waals surface area (Å²) in [5.74, 6) is 2.05. The van der Waals surface area contributed by atoms with Crippen molar-refractivity contribution in [1.29, 1.82) is 0 Å². The molecule has 0 spiro atoms. The highest BCUT2D eigenvalue weighted by Crippen LogP contribution is 2.30. The Labute approximate surface area is 123 Å². The fraction of sp³-hybridized carbons (Fsp3) is 0.611. The Morgan fingerprint density at radius 1 is 1.15 bits per heavy atom. The summed E-state index contributed by atoms with van der Waals surface area (Å²) in [4.78, 5) is 11.6. The summed E-state index contributed by atoms with van der Waals surface area (Å²) in [6, 6.07) is 7.89. The maximum atomic E-state index is 11.6. The van der Waals surface area contributed by atoms with Gasteiger partial charge in [0.05, 0.1) is 0 Å². The van der Waals surface area contributed by atoms with Crippen molar-refractivity contribution < 1.29 is 4.79 Å². The van der Waals surface area contributed by atoms with Gasteiger partial charge in [0.15, 0.2) is 5.78 Å². The molecule has 0 amide bonds. The third-order valence-electron chi connectivity index (χ3n) is 4.55. The summed E-state index contributed by atoms with van der Waals surface area (Å²) in [6.45, 7) is 5.31. The number of ketones is 1. The first-order chi connectivity index (χ1) is 9.69. The van der Waals surface area contributed by atoms with E-state index >= 15 is 0 Å². The molecule has 1 aliphatic carbocycles. The molecular weight excluding hydrogens is 246 g/mol. The van der Waals surface area contributed by atoms with Gasteiger partial charge >= 0.3 is 0 Å². The van der Waals surface area contributed by atoms with Crippen LogP contribution in [0.2, 0.25) is 0 Å². The topological polar surface area (TPSA) is 29.1 Å². The van der Waals surface area contributed by atoms with E-state index in [1.165, 1.54) is 32.1 Å². The van der Waals surface area contributed by atoms with Crippen LogP contribution >= 0.6 is 0 Å². The number of Topliss-reactive ketones (excluding diaryl/α,β-unsaturated/α-hetero) is 1. The smallest absolute Gasteiger partial charge is 0.162 e. The van der Waals surface area contributed by atoms with Crippen LogP contribution in [-0.2, 0) is 0 Å². The lowest BCUT2D eigenvalue weighted by molar-refractivity contribution is 0.0988. The van der Waals surface area contributed by atoms with Crippen molar-refractivity contribution in [3.05, 3.63) is 29.8 Å². The molecule has 0 bridgehead atoms. The second kappa shape index (κ2) is 7.47. The van der Waals surface area contributed by atoms with Gasteiger partial charge in [0.2, 0.25) is 0 Å². The van der Waals surface area contributed by atoms with E-state index in [0.29, 0.717) is 6.42 Å². The van der Waals surface area contributed by atoms with Crippen molar-refractivity contribution >= 4 is 11.5 Å². The molecule has 2 nitrogen and oxygen atoms in total. The van der Waals surface area contributed by atoms with Gasteiger partial charge in [-0.2, -0.15) is 0 Å². The van der Waals surface area contributed by atoms with Gasteiger partial charge in [-0.3, -0.25) is 4.79 Å². The van der Waals surface area contributed by atoms with E-state index in [9.17, 15) is 4.79 Å². The van der Waals surface area contributed by atoms with Crippen LogP contribution in [-0.4, -0.2) is 12.3 Å². The Balaban J connectivity index is 1.73. The number of hydrogen-bond donors (Lipinski definition) is 1. The van der Waals surface area contributed by atoms with Gasteiger partial charge in [-0.15, -0.1) is 0 Å². The second-order valence-electron chi connectivity index (χ2n) is 6.20. The molecule has 0 aromatic heterocycles. The number of carbonyl (C=O) groups is 1. The van der Waals surface area contributed by atoms with Gasteiger partial charge in [-0.25, -0.2) is 0 Å². The molecule has 1 N–H and O–H groups in total. The summed E-state index contributed by atoms with van der Waals surface area (Å²) in [5, 5.41) is 3.48. The van der Waals surface area contributed by atoms with Crippen molar-refractivity contribution in [2.24, 2.45) is 11.8 Å². The highest BCUT2D eigenvalue weighted by atomic mass is 16.1. The number of carbonyl (C=O) groups excluding carboxylic acids is 1. The molecule has 0 saturated heterocycles. The fourth-order valence-electron chi connectivity index (χ4n) is 3.02. The van der Waals surface area contributed by atoms with E-state index in [1.807, 2.05) is 31.2 Å². The first-order valence-corrected chi connectivity index (χ1v) is 8.06. The Hall–Kier alpha value is -1.31. The van der Waals surface area contributed by atoms with Gasteiger partial charge in [0.1, 0.15) is 0 Å². The third-order valence-corrected chi connectivity index (χ3v) is 4.55. The Morgan fingerprint density at radius 2 is 1.80 bits per heavy atom. The average molecular weight is 273 g/mol. The summed E-state index contributed by atoms with van der Waals surface area (Å²) < 4.78 is 0. The molecule has 0 aliphatic heterocycles. The van der Waals surface area contributed by atoms with E-state index in [1.54, 1.807) is 0 Å². The highest BCUT2D eigenvalue weighted by Gasteiger charge is 2.17. The van der Waals surface area contributed by atoms with E-state index in [2.05, 4.69) is 12.2 Å². The van der Waals surface area contributed by atoms with Gasteiger partial charge < -0.3 is 5.32 Å². The van der Waals surface area contributed by atoms with Crippen molar-refractivity contribution in [2.45, 2.75) is 52.4 Å². The number of rotatable bonds is 6. The SMILES string of the molecule is CCC(=O)c1ccc(NCCC2CCC(C)CC2)cc1. The fourth-order valence-corrected chi connectivity index (χ4v) is 3.02. The zero-order valence-corrected chi connectivity index (χ0v) is 12.8. The standard InChI is InChI=1S/C18H27NO/c1-3-18(20)16-8-10-17(11-9-16)19-13-12-15-6-4-14(2)5-7-15/h8-11,14-15,19H,3-7,12-13H2,1-2H3. The van der Waals surface area contributed by atoms with E-state index in [0.717, 1.165) is 29.6 Å². The van der Waals surface area contributed by atoms with Gasteiger partial charge in [0, 0.05) is 24.2 Å². The van der Waals surface area contributed by atoms with Crippen LogP contribution in [0.5, 0.6) is 0 Å². The minimum absolute atomic E-state index is 0.216. The Morgan fingerprint density at radius 3 is 2.40 bits per heavy atom. The summed E-state index contributed by atoms with van der Waals surface area (Å²) in [5.41, 5.74) is 1.95. The largest absolute Gasteiger partial charge is 0.385 e. The lowest BCUT2D eigenvalue weighted by Crippen LogP contribution is -2.15. The number of nitrogens with one attached hydrogen (secondary N) is 1. The molecule has 2 heteroatoms. The van der Waals surface area contributed by atoms with Crippen LogP contribution in [0.3, 0.4) is 0 Å². The van der Waals surface area contributed by atoms with Crippen molar-refractivity contribution in [2.75, 3.05) is 11.9 Å². The summed E-state index contributed by atoms with van der Waals surface area (Å²) >= 11 is 0. The molecule has 1 aromatic carbocycles. The molecule has 1 aromatic rings. The van der Waals surface area contributed by atoms with Crippen molar-refractivity contribution in [3.8, 4) is 0 Å². The molecule has 0 radical (unpaired) electrons. The van der Waals surface area contributed by atoms with Crippen molar-refractivity contribution in [3.63, 3.8) is 0 Å². The predicted molar refractivity (Wildman–Crippen MR) is 85.3 cm³/mol. The lowest BCUT2D eigenvalue weighted by Gasteiger charge is -2.26. The van der Waals surface area contributed by atoms with Crippen LogP contribution in [0, 0.1) is 11.8 Å². The molecule has 110 valence electrons. The van der Waals surface area contributed by atoms with E-state index < -0.39 is 0 Å². The lowest BCUT2D eigenvalue weighted by atomic mass is 9.81. The molecule has 0 atom stereocenters.